The number of nitrogens with one attached hydrogen (secondary N) is 1. The van der Waals surface area contributed by atoms with E-state index in [0.29, 0.717) is 29.1 Å². The smallest absolute Gasteiger partial charge is 0.232 e. The van der Waals surface area contributed by atoms with Crippen LogP contribution in [0.2, 0.25) is 5.02 Å². The zero-order valence-electron chi connectivity index (χ0n) is 12.1. The Hall–Kier alpha value is -1.65. The summed E-state index contributed by atoms with van der Waals surface area (Å²) in [4.78, 5) is 4.18. The van der Waals surface area contributed by atoms with Crippen LogP contribution in [0.5, 0.6) is 5.88 Å². The summed E-state index contributed by atoms with van der Waals surface area (Å²) in [7, 11) is 0. The van der Waals surface area contributed by atoms with Crippen LogP contribution < -0.4 is 10.1 Å². The van der Waals surface area contributed by atoms with Crippen LogP contribution in [-0.4, -0.2) is 11.0 Å². The van der Waals surface area contributed by atoms with Crippen molar-refractivity contribution in [2.75, 3.05) is 0 Å². The SMILES string of the molecule is CC(C)NCc1cnc(OCc2ccccc2F)c(Cl)c1. The molecule has 1 N–H and O–H groups in total. The van der Waals surface area contributed by atoms with Gasteiger partial charge in [-0.25, -0.2) is 9.37 Å². The van der Waals surface area contributed by atoms with Crippen molar-refractivity contribution in [2.24, 2.45) is 0 Å². The molecule has 0 atom stereocenters. The van der Waals surface area contributed by atoms with Gasteiger partial charge in [0.05, 0.1) is 0 Å². The van der Waals surface area contributed by atoms with Gasteiger partial charge < -0.3 is 10.1 Å². The fraction of sp³-hybridized carbons (Fsp3) is 0.312. The van der Waals surface area contributed by atoms with Crippen LogP contribution >= 0.6 is 11.6 Å². The Kier molecular flexibility index (Phi) is 5.53. The number of nitrogens with zero attached hydrogens (tertiary/aromatic N) is 1. The van der Waals surface area contributed by atoms with Gasteiger partial charge in [-0.1, -0.05) is 43.6 Å². The Morgan fingerprint density at radius 1 is 1.33 bits per heavy atom. The minimum absolute atomic E-state index is 0.100. The molecule has 5 heteroatoms. The van der Waals surface area contributed by atoms with Crippen molar-refractivity contribution in [3.63, 3.8) is 0 Å². The lowest BCUT2D eigenvalue weighted by Gasteiger charge is -2.11. The first kappa shape index (κ1) is 15.7. The van der Waals surface area contributed by atoms with E-state index in [2.05, 4.69) is 24.1 Å². The van der Waals surface area contributed by atoms with Crippen molar-refractivity contribution in [2.45, 2.75) is 33.0 Å². The quantitative estimate of drug-likeness (QED) is 0.877. The van der Waals surface area contributed by atoms with Crippen molar-refractivity contribution >= 4 is 11.6 Å². The molecule has 0 fully saturated rings. The first-order chi connectivity index (χ1) is 10.1. The van der Waals surface area contributed by atoms with Crippen molar-refractivity contribution in [3.05, 3.63) is 58.5 Å². The maximum Gasteiger partial charge on any atom is 0.232 e. The van der Waals surface area contributed by atoms with Gasteiger partial charge in [0.15, 0.2) is 0 Å². The Balaban J connectivity index is 1.99. The van der Waals surface area contributed by atoms with Crippen molar-refractivity contribution in [1.29, 1.82) is 0 Å². The summed E-state index contributed by atoms with van der Waals surface area (Å²) in [6, 6.07) is 8.66. The van der Waals surface area contributed by atoms with E-state index >= 15 is 0 Å². The minimum atomic E-state index is -0.300. The average molecular weight is 309 g/mol. The molecule has 0 unspecified atom stereocenters. The Morgan fingerprint density at radius 2 is 2.10 bits per heavy atom. The maximum atomic E-state index is 13.5. The van der Waals surface area contributed by atoms with E-state index in [-0.39, 0.29) is 12.4 Å². The Bertz CT molecular complexity index is 605. The number of hydrogen-bond donors (Lipinski definition) is 1. The molecular weight excluding hydrogens is 291 g/mol. The van der Waals surface area contributed by atoms with Gasteiger partial charge >= 0.3 is 0 Å². The van der Waals surface area contributed by atoms with Gasteiger partial charge in [0.1, 0.15) is 17.4 Å². The highest BCUT2D eigenvalue weighted by Gasteiger charge is 2.07. The van der Waals surface area contributed by atoms with Crippen molar-refractivity contribution in [1.82, 2.24) is 10.3 Å². The highest BCUT2D eigenvalue weighted by atomic mass is 35.5. The summed E-state index contributed by atoms with van der Waals surface area (Å²) in [6.45, 7) is 4.93. The zero-order valence-corrected chi connectivity index (χ0v) is 12.8. The second-order valence-electron chi connectivity index (χ2n) is 5.05. The van der Waals surface area contributed by atoms with Gasteiger partial charge in [-0.2, -0.15) is 0 Å². The van der Waals surface area contributed by atoms with Gasteiger partial charge in [0.25, 0.3) is 0 Å². The number of halogens is 2. The molecule has 0 saturated heterocycles. The predicted molar refractivity (Wildman–Crippen MR) is 82.0 cm³/mol. The number of hydrogen-bond acceptors (Lipinski definition) is 3. The van der Waals surface area contributed by atoms with Gasteiger partial charge in [-0.3, -0.25) is 0 Å². The molecular formula is C16H18ClFN2O. The first-order valence-electron chi connectivity index (χ1n) is 6.80. The summed E-state index contributed by atoms with van der Waals surface area (Å²) in [6.07, 6.45) is 1.71. The second kappa shape index (κ2) is 7.38. The molecule has 0 amide bonds. The predicted octanol–water partition coefficient (Wildman–Crippen LogP) is 3.95. The van der Waals surface area contributed by atoms with Gasteiger partial charge in [-0.15, -0.1) is 0 Å². The lowest BCUT2D eigenvalue weighted by atomic mass is 10.2. The molecule has 1 aromatic carbocycles. The number of pyridine rings is 1. The van der Waals surface area contributed by atoms with Crippen LogP contribution in [0.3, 0.4) is 0 Å². The average Bonchev–Trinajstić information content (AvgIpc) is 2.45. The van der Waals surface area contributed by atoms with E-state index in [1.807, 2.05) is 0 Å². The van der Waals surface area contributed by atoms with Crippen LogP contribution in [0.1, 0.15) is 25.0 Å². The summed E-state index contributed by atoms with van der Waals surface area (Å²) in [5.41, 5.74) is 1.45. The van der Waals surface area contributed by atoms with E-state index in [4.69, 9.17) is 16.3 Å². The summed E-state index contributed by atoms with van der Waals surface area (Å²) >= 11 is 6.14. The van der Waals surface area contributed by atoms with E-state index in [9.17, 15) is 4.39 Å². The lowest BCUT2D eigenvalue weighted by Crippen LogP contribution is -2.21. The van der Waals surface area contributed by atoms with Crippen LogP contribution in [0.25, 0.3) is 0 Å². The standard InChI is InChI=1S/C16H18ClFN2O/c1-11(2)19-8-12-7-14(17)16(20-9-12)21-10-13-5-3-4-6-15(13)18/h3-7,9,11,19H,8,10H2,1-2H3. The molecule has 1 aromatic heterocycles. The monoisotopic (exact) mass is 308 g/mol. The number of rotatable bonds is 6. The second-order valence-corrected chi connectivity index (χ2v) is 5.45. The van der Waals surface area contributed by atoms with Crippen LogP contribution in [-0.2, 0) is 13.2 Å². The molecule has 2 rings (SSSR count). The molecule has 0 saturated carbocycles. The summed E-state index contributed by atoms with van der Waals surface area (Å²) in [5, 5.41) is 3.71. The van der Waals surface area contributed by atoms with E-state index in [1.54, 1.807) is 30.5 Å². The molecule has 0 aliphatic heterocycles. The van der Waals surface area contributed by atoms with E-state index < -0.39 is 0 Å². The molecule has 21 heavy (non-hydrogen) atoms. The van der Waals surface area contributed by atoms with Gasteiger partial charge in [-0.05, 0) is 17.7 Å². The normalized spacial score (nSPS) is 10.9. The Labute approximate surface area is 129 Å². The third-order valence-corrected chi connectivity index (χ3v) is 3.17. The van der Waals surface area contributed by atoms with Crippen molar-refractivity contribution in [3.8, 4) is 5.88 Å². The molecule has 112 valence electrons. The number of ether oxygens (including phenoxy) is 1. The molecule has 2 aromatic rings. The lowest BCUT2D eigenvalue weighted by molar-refractivity contribution is 0.288. The molecule has 0 aliphatic rings. The van der Waals surface area contributed by atoms with Gasteiger partial charge in [0.2, 0.25) is 5.88 Å². The van der Waals surface area contributed by atoms with Crippen molar-refractivity contribution < 1.29 is 9.13 Å². The molecule has 0 spiro atoms. The van der Waals surface area contributed by atoms with E-state index in [0.717, 1.165) is 5.56 Å². The molecule has 0 bridgehead atoms. The zero-order chi connectivity index (χ0) is 15.2. The molecule has 1 heterocycles. The van der Waals surface area contributed by atoms with Crippen LogP contribution in [0.15, 0.2) is 36.5 Å². The largest absolute Gasteiger partial charge is 0.472 e. The fourth-order valence-electron chi connectivity index (χ4n) is 1.75. The fourth-order valence-corrected chi connectivity index (χ4v) is 1.99. The molecule has 0 aliphatic carbocycles. The minimum Gasteiger partial charge on any atom is -0.472 e. The summed E-state index contributed by atoms with van der Waals surface area (Å²) in [5.74, 6) is 0.0135. The van der Waals surface area contributed by atoms with Gasteiger partial charge in [0, 0.05) is 24.3 Å². The van der Waals surface area contributed by atoms with Crippen LogP contribution in [0.4, 0.5) is 4.39 Å². The Morgan fingerprint density at radius 3 is 2.76 bits per heavy atom. The third-order valence-electron chi connectivity index (χ3n) is 2.90. The highest BCUT2D eigenvalue weighted by molar-refractivity contribution is 6.31. The maximum absolute atomic E-state index is 13.5. The topological polar surface area (TPSA) is 34.2 Å². The number of benzene rings is 1. The highest BCUT2D eigenvalue weighted by Crippen LogP contribution is 2.23. The molecule has 0 radical (unpaired) electrons. The summed E-state index contributed by atoms with van der Waals surface area (Å²) < 4.78 is 19.0. The number of aromatic nitrogens is 1. The van der Waals surface area contributed by atoms with Crippen LogP contribution in [0, 0.1) is 5.82 Å². The first-order valence-corrected chi connectivity index (χ1v) is 7.18. The third kappa shape index (κ3) is 4.69. The molecule has 3 nitrogen and oxygen atoms in total. The van der Waals surface area contributed by atoms with E-state index in [1.165, 1.54) is 6.07 Å².